The number of aromatic nitrogens is 3. The van der Waals surface area contributed by atoms with Crippen LogP contribution in [0.4, 0.5) is 5.69 Å². The third-order valence-corrected chi connectivity index (χ3v) is 8.85. The Morgan fingerprint density at radius 2 is 1.55 bits per heavy atom. The Hall–Kier alpha value is -4.56. The van der Waals surface area contributed by atoms with E-state index >= 15 is 0 Å². The van der Waals surface area contributed by atoms with Crippen LogP contribution in [0.2, 0.25) is 0 Å². The molecule has 4 aromatic carbocycles. The molecule has 7 nitrogen and oxygen atoms in total. The molecule has 2 aliphatic rings. The van der Waals surface area contributed by atoms with E-state index in [1.807, 2.05) is 114 Å². The van der Waals surface area contributed by atoms with Crippen molar-refractivity contribution in [2.45, 2.75) is 28.2 Å². The van der Waals surface area contributed by atoms with E-state index in [0.29, 0.717) is 12.2 Å². The number of benzene rings is 4. The van der Waals surface area contributed by atoms with Crippen molar-refractivity contribution in [2.24, 2.45) is 0 Å². The van der Waals surface area contributed by atoms with Gasteiger partial charge in [-0.3, -0.25) is 9.69 Å². The van der Waals surface area contributed by atoms with E-state index < -0.39 is 11.6 Å². The molecule has 2 aliphatic heterocycles. The van der Waals surface area contributed by atoms with Crippen molar-refractivity contribution in [3.63, 3.8) is 0 Å². The summed E-state index contributed by atoms with van der Waals surface area (Å²) in [6, 6.07) is 35.4. The number of thioether (sulfide) groups is 1. The van der Waals surface area contributed by atoms with Crippen LogP contribution in [-0.2, 0) is 10.3 Å². The second kappa shape index (κ2) is 9.88. The maximum Gasteiger partial charge on any atom is 0.271 e. The Bertz CT molecular complexity index is 1660. The van der Waals surface area contributed by atoms with Crippen LogP contribution in [0.5, 0.6) is 11.5 Å². The number of para-hydroxylation sites is 3. The number of rotatable bonds is 6. The first-order chi connectivity index (χ1) is 19.7. The van der Waals surface area contributed by atoms with Crippen LogP contribution in [0.15, 0.2) is 120 Å². The summed E-state index contributed by atoms with van der Waals surface area (Å²) in [4.78, 5) is 18.6. The number of nitrogens with zero attached hydrogens (tertiary/aromatic N) is 4. The summed E-state index contributed by atoms with van der Waals surface area (Å²) in [6.45, 7) is 0. The first-order valence-corrected chi connectivity index (χ1v) is 14.0. The third-order valence-electron chi connectivity index (χ3n) is 7.56. The van der Waals surface area contributed by atoms with Gasteiger partial charge in [-0.25, -0.2) is 0 Å². The van der Waals surface area contributed by atoms with Gasteiger partial charge in [-0.2, -0.15) is 15.0 Å². The van der Waals surface area contributed by atoms with Crippen LogP contribution in [0.3, 0.4) is 0 Å². The minimum Gasteiger partial charge on any atom is -0.497 e. The van der Waals surface area contributed by atoms with Crippen molar-refractivity contribution in [2.75, 3.05) is 12.0 Å². The summed E-state index contributed by atoms with van der Waals surface area (Å²) in [7, 11) is 1.65. The highest BCUT2D eigenvalue weighted by molar-refractivity contribution is 7.99. The van der Waals surface area contributed by atoms with E-state index in [1.54, 1.807) is 23.7 Å². The highest BCUT2D eigenvalue weighted by Crippen LogP contribution is 2.59. The van der Waals surface area contributed by atoms with E-state index in [2.05, 4.69) is 11.2 Å². The molecule has 7 rings (SSSR count). The summed E-state index contributed by atoms with van der Waals surface area (Å²) < 4.78 is 12.0. The number of β-lactam (4-membered cyclic amide) rings is 1. The van der Waals surface area contributed by atoms with E-state index in [9.17, 15) is 4.79 Å². The molecular weight excluding hydrogens is 520 g/mol. The molecule has 0 N–H and O–H groups in total. The fourth-order valence-corrected chi connectivity index (χ4v) is 6.96. The zero-order chi connectivity index (χ0) is 27.1. The van der Waals surface area contributed by atoms with Crippen LogP contribution >= 0.6 is 11.8 Å². The molecule has 3 atom stereocenters. The normalized spacial score (nSPS) is 21.5. The molecule has 3 heterocycles. The van der Waals surface area contributed by atoms with Gasteiger partial charge in [-0.15, -0.1) is 11.8 Å². The number of hydrogen-bond donors (Lipinski definition) is 0. The molecule has 0 bridgehead atoms. The van der Waals surface area contributed by atoms with Gasteiger partial charge in [0.1, 0.15) is 17.0 Å². The van der Waals surface area contributed by atoms with Gasteiger partial charge in [0.25, 0.3) is 5.91 Å². The zero-order valence-corrected chi connectivity index (χ0v) is 22.6. The first-order valence-electron chi connectivity index (χ1n) is 13.1. The molecule has 40 heavy (non-hydrogen) atoms. The number of methoxy groups -OCH3 is 1. The molecule has 198 valence electrons. The minimum atomic E-state index is -0.778. The minimum absolute atomic E-state index is 0.0682. The second-order valence-corrected chi connectivity index (χ2v) is 11.1. The van der Waals surface area contributed by atoms with Gasteiger partial charge in [-0.1, -0.05) is 60.7 Å². The number of ether oxygens (including phenoxy) is 2. The Kier molecular flexibility index (Phi) is 6.04. The molecule has 8 heteroatoms. The molecule has 5 aromatic rings. The van der Waals surface area contributed by atoms with Gasteiger partial charge in [0.15, 0.2) is 0 Å². The fraction of sp³-hybridized carbons (Fsp3) is 0.156. The third kappa shape index (κ3) is 3.95. The van der Waals surface area contributed by atoms with Crippen molar-refractivity contribution in [3.8, 4) is 17.2 Å². The Balaban J connectivity index is 1.38. The molecule has 1 saturated heterocycles. The molecule has 1 amide bonds. The van der Waals surface area contributed by atoms with Gasteiger partial charge in [0.2, 0.25) is 6.10 Å². The van der Waals surface area contributed by atoms with Crippen LogP contribution < -0.4 is 14.4 Å². The standard InChI is InChI=1S/C32H26N4O3S/c1-38-24-18-16-22(17-19-24)32-20-29(26-21-33-36(34-26)23-10-4-2-5-11-23)40-28-15-9-8-14-27(28)35(32)31(37)30(32)39-25-12-6-3-7-13-25/h2-19,21,29-30H,20H2,1H3. The molecule has 0 saturated carbocycles. The average Bonchev–Trinajstić information content (AvgIpc) is 3.46. The average molecular weight is 547 g/mol. The predicted octanol–water partition coefficient (Wildman–Crippen LogP) is 6.20. The number of carbonyl (C=O) groups is 1. The lowest BCUT2D eigenvalue weighted by molar-refractivity contribution is -0.142. The number of hydrogen-bond acceptors (Lipinski definition) is 6. The molecule has 0 aliphatic carbocycles. The SMILES string of the molecule is COc1ccc(C23CC(c4cnn(-c5ccccc5)n4)Sc4ccccc4N2C(=O)C3Oc2ccccc2)cc1. The maximum absolute atomic E-state index is 14.0. The summed E-state index contributed by atoms with van der Waals surface area (Å²) in [6.07, 6.45) is 1.69. The quantitative estimate of drug-likeness (QED) is 0.236. The Morgan fingerprint density at radius 3 is 2.30 bits per heavy atom. The molecular formula is C32H26N4O3S. The van der Waals surface area contributed by atoms with Crippen LogP contribution in [0.1, 0.15) is 22.9 Å². The van der Waals surface area contributed by atoms with Crippen LogP contribution in [0.25, 0.3) is 5.69 Å². The summed E-state index contributed by atoms with van der Waals surface area (Å²) >= 11 is 1.71. The summed E-state index contributed by atoms with van der Waals surface area (Å²) in [5.74, 6) is 1.34. The van der Waals surface area contributed by atoms with E-state index in [-0.39, 0.29) is 11.2 Å². The number of carbonyl (C=O) groups excluding carboxylic acids is 1. The maximum atomic E-state index is 14.0. The van der Waals surface area contributed by atoms with Gasteiger partial charge >= 0.3 is 0 Å². The number of anilines is 1. The predicted molar refractivity (Wildman–Crippen MR) is 154 cm³/mol. The van der Waals surface area contributed by atoms with Crippen molar-refractivity contribution in [1.82, 2.24) is 15.0 Å². The van der Waals surface area contributed by atoms with Crippen molar-refractivity contribution < 1.29 is 14.3 Å². The van der Waals surface area contributed by atoms with E-state index in [4.69, 9.17) is 14.6 Å². The lowest BCUT2D eigenvalue weighted by Crippen LogP contribution is -2.74. The molecule has 1 aromatic heterocycles. The second-order valence-electron chi connectivity index (χ2n) is 9.81. The number of fused-ring (bicyclic) bond motifs is 3. The molecule has 1 fully saturated rings. The van der Waals surface area contributed by atoms with Crippen LogP contribution in [0, 0.1) is 0 Å². The van der Waals surface area contributed by atoms with Gasteiger partial charge in [0, 0.05) is 4.90 Å². The first kappa shape index (κ1) is 24.5. The highest BCUT2D eigenvalue weighted by atomic mass is 32.2. The molecule has 3 unspecified atom stereocenters. The largest absolute Gasteiger partial charge is 0.497 e. The molecule has 0 radical (unpaired) electrons. The van der Waals surface area contributed by atoms with E-state index in [0.717, 1.165) is 33.3 Å². The topological polar surface area (TPSA) is 69.5 Å². The van der Waals surface area contributed by atoms with Gasteiger partial charge in [-0.05, 0) is 60.5 Å². The fourth-order valence-electron chi connectivity index (χ4n) is 5.65. The van der Waals surface area contributed by atoms with Gasteiger partial charge < -0.3 is 9.47 Å². The Morgan fingerprint density at radius 1 is 0.850 bits per heavy atom. The van der Waals surface area contributed by atoms with Crippen molar-refractivity contribution in [3.05, 3.63) is 127 Å². The van der Waals surface area contributed by atoms with E-state index in [1.165, 1.54) is 0 Å². The number of amides is 1. The molecule has 0 spiro atoms. The smallest absolute Gasteiger partial charge is 0.271 e. The summed E-state index contributed by atoms with van der Waals surface area (Å²) in [5, 5.41) is 9.40. The zero-order valence-electron chi connectivity index (χ0n) is 21.8. The van der Waals surface area contributed by atoms with Crippen molar-refractivity contribution >= 4 is 23.4 Å². The highest BCUT2D eigenvalue weighted by Gasteiger charge is 2.65. The summed E-state index contributed by atoms with van der Waals surface area (Å²) in [5.41, 5.74) is 2.81. The lowest BCUT2D eigenvalue weighted by atomic mass is 9.71. The van der Waals surface area contributed by atoms with Crippen molar-refractivity contribution in [1.29, 1.82) is 0 Å². The van der Waals surface area contributed by atoms with Gasteiger partial charge in [0.05, 0.1) is 35.6 Å². The van der Waals surface area contributed by atoms with Crippen LogP contribution in [-0.4, -0.2) is 34.1 Å². The lowest BCUT2D eigenvalue weighted by Gasteiger charge is -2.56. The Labute approximate surface area is 236 Å². The monoisotopic (exact) mass is 546 g/mol.